The Morgan fingerprint density at radius 2 is 0.408 bits per heavy atom. The Morgan fingerprint density at radius 1 is 0.223 bits per heavy atom. The molecule has 746 valence electrons. The topological polar surface area (TPSA) is 714 Å². The zero-order valence-corrected chi connectivity index (χ0v) is 79.8. The summed E-state index contributed by atoms with van der Waals surface area (Å²) >= 11 is 0. The first-order valence-electron chi connectivity index (χ1n) is 46.8. The maximum Gasteiger partial charge on any atom is 0.326 e. The number of rotatable bonds is 71. The summed E-state index contributed by atoms with van der Waals surface area (Å²) in [5.41, 5.74) is 40.6. The van der Waals surface area contributed by atoms with Crippen LogP contribution in [0.4, 0.5) is 0 Å². The first-order valence-corrected chi connectivity index (χ1v) is 46.8. The number of unbranched alkanes of at least 4 members (excludes halogenated alkanes) is 6. The fourth-order valence-electron chi connectivity index (χ4n) is 13.5. The van der Waals surface area contributed by atoms with Gasteiger partial charge in [0.15, 0.2) is 0 Å². The molecule has 0 fully saturated rings. The van der Waals surface area contributed by atoms with Crippen LogP contribution in [0, 0.1) is 35.5 Å². The SMILES string of the molecule is CC[C@H](C)[C@H](NC(=O)[C@H](CCCCN)NC(=O)[C@H](C)NC(=O)CNC(=O)[C@@H](NC(=O)[C@H](CCCCN)NC(=O)[C@@H](NC(=O)[C@H](CCCCN)NC(=O)[C@H](C)NC(=O)CNC(=O)[C@@H](NC(=O)[C@H](CCCCN)NC(=O)[C@@H](NC(=O)[C@H](CCCCN)NC(=O)[C@H](C)NC(=O)CNC(=O)[C@@H](NC(=O)[C@@H](N)CCCCN)[C@@H](C)CC)[C@@H](C)CC)[C@@H](C)CC)[C@@H](C)CC)[C@@H](C)CC)C(=O)O. The third-order valence-electron chi connectivity index (χ3n) is 23.5. The molecule has 17 amide bonds. The van der Waals surface area contributed by atoms with E-state index in [1.807, 2.05) is 6.92 Å². The molecule has 0 saturated heterocycles. The number of hydrogen-bond acceptors (Lipinski definition) is 25. The lowest BCUT2D eigenvalue weighted by molar-refractivity contribution is -0.144. The average Bonchev–Trinajstić information content (AvgIpc) is 0.840. The number of nitrogens with two attached hydrogens (primary N) is 7. The van der Waals surface area contributed by atoms with Crippen molar-refractivity contribution in [1.82, 2.24) is 90.4 Å². The van der Waals surface area contributed by atoms with E-state index in [-0.39, 0.29) is 64.2 Å². The molecule has 0 unspecified atom stereocenters. The predicted molar refractivity (Wildman–Crippen MR) is 493 cm³/mol. The lowest BCUT2D eigenvalue weighted by Gasteiger charge is -2.30. The molecule has 21 atom stereocenters. The van der Waals surface area contributed by atoms with Crippen molar-refractivity contribution in [3.8, 4) is 0 Å². The highest BCUT2D eigenvalue weighted by Crippen LogP contribution is 2.19. The Hall–Kier alpha value is -9.82. The molecule has 0 aromatic heterocycles. The van der Waals surface area contributed by atoms with Crippen LogP contribution in [0.3, 0.4) is 0 Å². The summed E-state index contributed by atoms with van der Waals surface area (Å²) in [6.07, 6.45) is 8.13. The van der Waals surface area contributed by atoms with Gasteiger partial charge in [0.25, 0.3) is 0 Å². The smallest absolute Gasteiger partial charge is 0.326 e. The van der Waals surface area contributed by atoms with Gasteiger partial charge in [0.1, 0.15) is 84.6 Å². The molecular formula is C87H164N24O19. The van der Waals surface area contributed by atoms with E-state index in [1.54, 1.807) is 76.2 Å². The molecule has 0 aromatic rings. The number of carbonyl (C=O) groups excluding carboxylic acids is 17. The first-order chi connectivity index (χ1) is 61.5. The summed E-state index contributed by atoms with van der Waals surface area (Å²) in [4.78, 5) is 248. The van der Waals surface area contributed by atoms with Crippen LogP contribution < -0.4 is 131 Å². The minimum Gasteiger partial charge on any atom is -0.480 e. The second kappa shape index (κ2) is 67.4. The number of aliphatic carboxylic acids is 1. The summed E-state index contributed by atoms with van der Waals surface area (Å²) in [5, 5.41) is 54.4. The second-order valence-corrected chi connectivity index (χ2v) is 34.2. The zero-order valence-electron chi connectivity index (χ0n) is 79.8. The minimum absolute atomic E-state index is 0.0108. The molecule has 0 aliphatic heterocycles. The van der Waals surface area contributed by atoms with Gasteiger partial charge in [0.2, 0.25) is 100 Å². The van der Waals surface area contributed by atoms with Crippen LogP contribution in [0.1, 0.15) is 258 Å². The fourth-order valence-corrected chi connectivity index (χ4v) is 13.5. The molecule has 43 heteroatoms. The minimum atomic E-state index is -1.35. The first kappa shape index (κ1) is 120. The molecule has 0 rings (SSSR count). The molecular weight excluding hydrogens is 1690 g/mol. The van der Waals surface area contributed by atoms with Crippen LogP contribution in [-0.4, -0.2) is 261 Å². The van der Waals surface area contributed by atoms with Gasteiger partial charge >= 0.3 is 5.97 Å². The molecule has 0 bridgehead atoms. The van der Waals surface area contributed by atoms with E-state index in [0.717, 1.165) is 0 Å². The van der Waals surface area contributed by atoms with Crippen LogP contribution in [0.2, 0.25) is 0 Å². The van der Waals surface area contributed by atoms with Gasteiger partial charge in [-0.15, -0.1) is 0 Å². The average molecular weight is 1850 g/mol. The molecule has 0 spiro atoms. The van der Waals surface area contributed by atoms with Gasteiger partial charge in [-0.1, -0.05) is 128 Å². The fraction of sp³-hybridized carbons (Fsp3) is 0.793. The summed E-state index contributed by atoms with van der Waals surface area (Å²) < 4.78 is 0. The van der Waals surface area contributed by atoms with E-state index >= 15 is 0 Å². The quantitative estimate of drug-likeness (QED) is 0.0265. The molecule has 43 nitrogen and oxygen atoms in total. The van der Waals surface area contributed by atoms with E-state index in [2.05, 4.69) is 90.4 Å². The van der Waals surface area contributed by atoms with Crippen molar-refractivity contribution in [2.24, 2.45) is 75.6 Å². The largest absolute Gasteiger partial charge is 0.480 e. The Balaban J connectivity index is 6.61. The second-order valence-electron chi connectivity index (χ2n) is 34.2. The highest BCUT2D eigenvalue weighted by atomic mass is 16.4. The maximum absolute atomic E-state index is 14.6. The van der Waals surface area contributed by atoms with Crippen molar-refractivity contribution in [3.05, 3.63) is 0 Å². The van der Waals surface area contributed by atoms with Crippen molar-refractivity contribution in [2.75, 3.05) is 58.9 Å². The highest BCUT2D eigenvalue weighted by molar-refractivity contribution is 6.01. The number of carbonyl (C=O) groups is 18. The molecule has 0 heterocycles. The van der Waals surface area contributed by atoms with Gasteiger partial charge < -0.3 is 136 Å². The Morgan fingerprint density at radius 3 is 0.615 bits per heavy atom. The normalized spacial score (nSPS) is 16.1. The Labute approximate surface area is 768 Å². The van der Waals surface area contributed by atoms with Crippen molar-refractivity contribution < 1.29 is 91.4 Å². The molecule has 0 aliphatic carbocycles. The van der Waals surface area contributed by atoms with Crippen LogP contribution in [0.5, 0.6) is 0 Å². The zero-order chi connectivity index (χ0) is 98.9. The predicted octanol–water partition coefficient (Wildman–Crippen LogP) is -3.36. The lowest BCUT2D eigenvalue weighted by atomic mass is 9.95. The molecule has 0 aliphatic rings. The molecule has 0 aromatic carbocycles. The standard InChI is InChI=1S/C87H164N24O19/c1-16-49(7)67(106-76(118)58(94)34-22-28-40-88)82(124)95-46-64(112)98-55(13)73(115)101-59(35-23-29-41-89)77(119)109-70(52(10)19-4)85(127)104-62(38-26-32-44-92)79(121)107-68(50(8)17-2)83(125)96-47-65(113)99-56(14)74(116)102-60(36-24-30-42-90)78(120)110-71(53(11)20-5)86(128)105-63(39-27-33-45-93)80(122)108-69(51(9)18-3)84(126)97-48-66(114)100-57(15)75(117)103-61(37-25-31-43-91)81(123)111-72(87(129)130)54(12)21-6/h49-63,67-72H,16-48,88-94H2,1-15H3,(H,95,124)(H,96,125)(H,97,126)(H,98,112)(H,99,113)(H,100,114)(H,101,115)(H,102,116)(H,103,117)(H,104,127)(H,105,128)(H,106,118)(H,107,121)(H,108,122)(H,109,119)(H,110,120)(H,111,123)(H,129,130)/t49-,50-,51-,52-,53-,54-,55-,56-,57-,58-,59-,60-,61-,62-,63-,67-,68-,69-,70-,71-,72-/m0/s1. The number of nitrogens with one attached hydrogen (secondary N) is 17. The van der Waals surface area contributed by atoms with E-state index in [4.69, 9.17) is 40.1 Å². The van der Waals surface area contributed by atoms with Gasteiger partial charge in [-0.25, -0.2) is 4.79 Å². The van der Waals surface area contributed by atoms with Gasteiger partial charge in [-0.2, -0.15) is 0 Å². The molecule has 130 heavy (non-hydrogen) atoms. The van der Waals surface area contributed by atoms with Crippen LogP contribution in [0.15, 0.2) is 0 Å². The number of amides is 17. The van der Waals surface area contributed by atoms with Gasteiger partial charge in [-0.05, 0) is 205 Å². The Kier molecular flexibility index (Phi) is 62.3. The molecule has 32 N–H and O–H groups in total. The third kappa shape index (κ3) is 46.3. The van der Waals surface area contributed by atoms with Crippen molar-refractivity contribution in [2.45, 2.75) is 349 Å². The van der Waals surface area contributed by atoms with E-state index < -0.39 is 246 Å². The summed E-state index contributed by atoms with van der Waals surface area (Å²) in [5.74, 6) is -17.4. The summed E-state index contributed by atoms with van der Waals surface area (Å²) in [7, 11) is 0. The number of carboxylic acid groups (broad SMARTS) is 1. The molecule has 0 radical (unpaired) electrons. The van der Waals surface area contributed by atoms with Crippen molar-refractivity contribution in [3.63, 3.8) is 0 Å². The summed E-state index contributed by atoms with van der Waals surface area (Å²) in [6, 6.07) is -18.6. The Bertz CT molecular complexity index is 3530. The molecule has 0 saturated carbocycles. The van der Waals surface area contributed by atoms with Gasteiger partial charge in [0.05, 0.1) is 25.7 Å². The summed E-state index contributed by atoms with van der Waals surface area (Å²) in [6.45, 7) is 24.6. The van der Waals surface area contributed by atoms with E-state index in [0.29, 0.717) is 135 Å². The van der Waals surface area contributed by atoms with Crippen LogP contribution >= 0.6 is 0 Å². The number of carboxylic acids is 1. The monoisotopic (exact) mass is 1850 g/mol. The van der Waals surface area contributed by atoms with Gasteiger partial charge in [0, 0.05) is 0 Å². The van der Waals surface area contributed by atoms with Crippen LogP contribution in [0.25, 0.3) is 0 Å². The van der Waals surface area contributed by atoms with E-state index in [9.17, 15) is 91.4 Å². The van der Waals surface area contributed by atoms with Crippen molar-refractivity contribution >= 4 is 106 Å². The van der Waals surface area contributed by atoms with Gasteiger partial charge in [-0.3, -0.25) is 81.5 Å². The highest BCUT2D eigenvalue weighted by Gasteiger charge is 2.40. The van der Waals surface area contributed by atoms with E-state index in [1.165, 1.54) is 20.8 Å². The number of hydrogen-bond donors (Lipinski definition) is 25. The van der Waals surface area contributed by atoms with Crippen LogP contribution in [-0.2, 0) is 86.3 Å². The third-order valence-corrected chi connectivity index (χ3v) is 23.5. The lowest BCUT2D eigenvalue weighted by Crippen LogP contribution is -2.61. The maximum atomic E-state index is 14.6. The van der Waals surface area contributed by atoms with Crippen molar-refractivity contribution in [1.29, 1.82) is 0 Å².